The van der Waals surface area contributed by atoms with Crippen LogP contribution in [0.5, 0.6) is 0 Å². The van der Waals surface area contributed by atoms with Crippen molar-refractivity contribution in [1.29, 1.82) is 0 Å². The van der Waals surface area contributed by atoms with Gasteiger partial charge in [0.05, 0.1) is 16.7 Å². The van der Waals surface area contributed by atoms with Crippen LogP contribution in [0.1, 0.15) is 25.4 Å². The van der Waals surface area contributed by atoms with Gasteiger partial charge in [-0.3, -0.25) is 9.59 Å². The molecule has 1 amide bonds. The average Bonchev–Trinajstić information content (AvgIpc) is 2.91. The summed E-state index contributed by atoms with van der Waals surface area (Å²) < 4.78 is 1.15. The first kappa shape index (κ1) is 16.9. The number of aromatic amines is 1. The molecule has 2 aromatic heterocycles. The highest BCUT2D eigenvalue weighted by Crippen LogP contribution is 2.18. The van der Waals surface area contributed by atoms with E-state index in [0.717, 1.165) is 28.0 Å². The lowest BCUT2D eigenvalue weighted by molar-refractivity contribution is -0.117. The number of fused-ring (bicyclic) bond motifs is 1. The fourth-order valence-corrected chi connectivity index (χ4v) is 2.62. The number of benzene rings is 1. The van der Waals surface area contributed by atoms with Crippen molar-refractivity contribution in [2.45, 2.75) is 33.7 Å². The lowest BCUT2D eigenvalue weighted by Crippen LogP contribution is -2.29. The van der Waals surface area contributed by atoms with Crippen molar-refractivity contribution in [3.63, 3.8) is 0 Å². The van der Waals surface area contributed by atoms with Gasteiger partial charge in [0.1, 0.15) is 12.4 Å². The van der Waals surface area contributed by atoms with Crippen LogP contribution in [0.15, 0.2) is 35.1 Å². The number of amides is 1. The zero-order valence-corrected chi connectivity index (χ0v) is 14.5. The monoisotopic (exact) mass is 339 g/mol. The van der Waals surface area contributed by atoms with Crippen molar-refractivity contribution in [3.05, 3.63) is 52.2 Å². The highest BCUT2D eigenvalue weighted by Gasteiger charge is 2.09. The smallest absolute Gasteiger partial charge is 0.267 e. The predicted octanol–water partition coefficient (Wildman–Crippen LogP) is 2.27. The van der Waals surface area contributed by atoms with Crippen molar-refractivity contribution in [2.75, 3.05) is 5.32 Å². The van der Waals surface area contributed by atoms with Crippen LogP contribution in [0.3, 0.4) is 0 Å². The minimum atomic E-state index is -0.304. The average molecular weight is 339 g/mol. The summed E-state index contributed by atoms with van der Waals surface area (Å²) in [6, 6.07) is 8.53. The van der Waals surface area contributed by atoms with Crippen molar-refractivity contribution < 1.29 is 4.79 Å². The number of nitrogens with one attached hydrogen (secondary N) is 2. The minimum Gasteiger partial charge on any atom is -0.342 e. The summed E-state index contributed by atoms with van der Waals surface area (Å²) in [5.41, 5.74) is 2.77. The third-order valence-electron chi connectivity index (χ3n) is 3.71. The Balaban J connectivity index is 1.74. The van der Waals surface area contributed by atoms with Gasteiger partial charge >= 0.3 is 0 Å². The number of hydrogen-bond acceptors (Lipinski definition) is 4. The molecule has 7 heteroatoms. The fraction of sp³-hybridized carbons (Fsp3) is 0.333. The van der Waals surface area contributed by atoms with Crippen molar-refractivity contribution in [3.8, 4) is 0 Å². The summed E-state index contributed by atoms with van der Waals surface area (Å²) >= 11 is 0. The second-order valence-electron chi connectivity index (χ2n) is 6.53. The lowest BCUT2D eigenvalue weighted by Gasteiger charge is -2.07. The number of aryl methyl sites for hydroxylation is 1. The van der Waals surface area contributed by atoms with Crippen LogP contribution in [0.2, 0.25) is 0 Å². The van der Waals surface area contributed by atoms with Crippen molar-refractivity contribution in [2.24, 2.45) is 5.92 Å². The van der Waals surface area contributed by atoms with Gasteiger partial charge in [-0.25, -0.2) is 9.67 Å². The Morgan fingerprint density at radius 3 is 2.84 bits per heavy atom. The summed E-state index contributed by atoms with van der Waals surface area (Å²) in [6.45, 7) is 5.93. The molecule has 0 saturated carbocycles. The van der Waals surface area contributed by atoms with Crippen LogP contribution in [0, 0.1) is 12.8 Å². The van der Waals surface area contributed by atoms with Crippen LogP contribution >= 0.6 is 0 Å². The van der Waals surface area contributed by atoms with Gasteiger partial charge in [0.25, 0.3) is 5.56 Å². The third kappa shape index (κ3) is 4.12. The Labute approximate surface area is 145 Å². The van der Waals surface area contributed by atoms with Crippen molar-refractivity contribution in [1.82, 2.24) is 19.7 Å². The topological polar surface area (TPSA) is 92.7 Å². The molecule has 0 atom stereocenters. The summed E-state index contributed by atoms with van der Waals surface area (Å²) in [5, 5.41) is 6.86. The summed E-state index contributed by atoms with van der Waals surface area (Å²) in [7, 11) is 0. The molecule has 0 aliphatic carbocycles. The molecule has 3 rings (SSSR count). The van der Waals surface area contributed by atoms with Crippen LogP contribution in [-0.2, 0) is 17.8 Å². The highest BCUT2D eigenvalue weighted by molar-refractivity contribution is 5.92. The number of rotatable bonds is 5. The Morgan fingerprint density at radius 1 is 1.28 bits per heavy atom. The van der Waals surface area contributed by atoms with Gasteiger partial charge in [0.2, 0.25) is 5.91 Å². The molecule has 7 nitrogen and oxygen atoms in total. The predicted molar refractivity (Wildman–Crippen MR) is 96.5 cm³/mol. The molecule has 3 aromatic rings. The number of H-pyrrole nitrogens is 1. The molecule has 25 heavy (non-hydrogen) atoms. The molecule has 0 radical (unpaired) electrons. The number of anilines is 1. The van der Waals surface area contributed by atoms with Gasteiger partial charge < -0.3 is 10.3 Å². The Morgan fingerprint density at radius 2 is 2.08 bits per heavy atom. The summed E-state index contributed by atoms with van der Waals surface area (Å²) in [5.74, 6) is 1.14. The van der Waals surface area contributed by atoms with E-state index >= 15 is 0 Å². The maximum absolute atomic E-state index is 12.2. The van der Waals surface area contributed by atoms with Gasteiger partial charge in [-0.15, -0.1) is 0 Å². The van der Waals surface area contributed by atoms with Gasteiger partial charge in [0.15, 0.2) is 0 Å². The molecular formula is C18H21N5O2. The Kier molecular flexibility index (Phi) is 4.65. The van der Waals surface area contributed by atoms with E-state index in [1.54, 1.807) is 19.1 Å². The fourth-order valence-electron chi connectivity index (χ4n) is 2.62. The summed E-state index contributed by atoms with van der Waals surface area (Å²) in [6.07, 6.45) is 0.873. The van der Waals surface area contributed by atoms with Gasteiger partial charge in [-0.2, -0.15) is 5.10 Å². The van der Waals surface area contributed by atoms with E-state index in [0.29, 0.717) is 17.3 Å². The molecule has 0 unspecified atom stereocenters. The number of carbonyl (C=O) groups is 1. The first-order chi connectivity index (χ1) is 11.9. The molecule has 2 heterocycles. The number of hydrogen-bond donors (Lipinski definition) is 2. The number of aromatic nitrogens is 4. The molecule has 2 N–H and O–H groups in total. The zero-order chi connectivity index (χ0) is 18.0. The molecule has 0 aliphatic heterocycles. The molecule has 0 aliphatic rings. The number of imidazole rings is 1. The van der Waals surface area contributed by atoms with E-state index in [2.05, 4.69) is 34.2 Å². The molecule has 0 bridgehead atoms. The second-order valence-corrected chi connectivity index (χ2v) is 6.53. The van der Waals surface area contributed by atoms with E-state index in [1.807, 2.05) is 12.1 Å². The van der Waals surface area contributed by atoms with E-state index in [1.165, 1.54) is 6.07 Å². The van der Waals surface area contributed by atoms with Gasteiger partial charge in [-0.05, 0) is 37.1 Å². The largest absolute Gasteiger partial charge is 0.342 e. The van der Waals surface area contributed by atoms with Crippen LogP contribution in [0.4, 0.5) is 5.69 Å². The Hall–Kier alpha value is -2.96. The molecule has 0 saturated heterocycles. The SMILES string of the molecule is Cc1ccc(=O)n(CC(=O)Nc2ccc3nc(CC(C)C)[nH]c3c2)n1. The van der Waals surface area contributed by atoms with E-state index < -0.39 is 0 Å². The number of carbonyl (C=O) groups excluding carboxylic acids is 1. The van der Waals surface area contributed by atoms with Gasteiger partial charge in [-0.1, -0.05) is 13.8 Å². The third-order valence-corrected chi connectivity index (χ3v) is 3.71. The molecule has 130 valence electrons. The molecule has 0 fully saturated rings. The minimum absolute atomic E-state index is 0.125. The van der Waals surface area contributed by atoms with E-state index in [-0.39, 0.29) is 18.0 Å². The second kappa shape index (κ2) is 6.88. The number of nitrogens with zero attached hydrogens (tertiary/aromatic N) is 3. The normalized spacial score (nSPS) is 11.2. The molecule has 0 spiro atoms. The Bertz CT molecular complexity index is 971. The maximum atomic E-state index is 12.2. The first-order valence-electron chi connectivity index (χ1n) is 8.24. The zero-order valence-electron chi connectivity index (χ0n) is 14.5. The van der Waals surface area contributed by atoms with E-state index in [4.69, 9.17) is 0 Å². The molecule has 1 aromatic carbocycles. The first-order valence-corrected chi connectivity index (χ1v) is 8.24. The van der Waals surface area contributed by atoms with Gasteiger partial charge in [0, 0.05) is 18.2 Å². The van der Waals surface area contributed by atoms with Crippen LogP contribution < -0.4 is 10.9 Å². The van der Waals surface area contributed by atoms with E-state index in [9.17, 15) is 9.59 Å². The maximum Gasteiger partial charge on any atom is 0.267 e. The van der Waals surface area contributed by atoms with Crippen LogP contribution in [-0.4, -0.2) is 25.7 Å². The summed E-state index contributed by atoms with van der Waals surface area (Å²) in [4.78, 5) is 31.7. The quantitative estimate of drug-likeness (QED) is 0.746. The van der Waals surface area contributed by atoms with Crippen LogP contribution in [0.25, 0.3) is 11.0 Å². The standard InChI is InChI=1S/C18H21N5O2/c1-11(2)8-16-20-14-6-5-13(9-15(14)21-16)19-17(24)10-23-18(25)7-4-12(3)22-23/h4-7,9,11H,8,10H2,1-3H3,(H,19,24)(H,20,21). The molecular weight excluding hydrogens is 318 g/mol. The van der Waals surface area contributed by atoms with Crippen molar-refractivity contribution >= 4 is 22.6 Å². The lowest BCUT2D eigenvalue weighted by atomic mass is 10.1. The highest BCUT2D eigenvalue weighted by atomic mass is 16.2.